The van der Waals surface area contributed by atoms with Crippen LogP contribution < -0.4 is 16.0 Å². The summed E-state index contributed by atoms with van der Waals surface area (Å²) in [4.78, 5) is 36.6. The first-order valence-corrected chi connectivity index (χ1v) is 9.78. The Labute approximate surface area is 174 Å². The fraction of sp³-hybridized carbons (Fsp3) is 0.0952. The molecule has 3 amide bonds. The number of carbonyl (C=O) groups is 3. The maximum Gasteiger partial charge on any atom is 0.261 e. The van der Waals surface area contributed by atoms with Gasteiger partial charge in [0, 0.05) is 29.9 Å². The normalized spacial score (nSPS) is 10.3. The largest absolute Gasteiger partial charge is 0.350 e. The van der Waals surface area contributed by atoms with Crippen LogP contribution in [0.4, 0.5) is 14.5 Å². The van der Waals surface area contributed by atoms with Crippen molar-refractivity contribution in [2.75, 3.05) is 18.4 Å². The molecule has 2 aromatic carbocycles. The number of nitrogens with one attached hydrogen (secondary N) is 3. The summed E-state index contributed by atoms with van der Waals surface area (Å²) in [5.41, 5.74) is 0.732. The molecule has 30 heavy (non-hydrogen) atoms. The van der Waals surface area contributed by atoms with Gasteiger partial charge >= 0.3 is 0 Å². The van der Waals surface area contributed by atoms with Crippen LogP contribution in [0.15, 0.2) is 60.0 Å². The van der Waals surface area contributed by atoms with Crippen LogP contribution in [-0.2, 0) is 0 Å². The fourth-order valence-corrected chi connectivity index (χ4v) is 3.13. The Bertz CT molecular complexity index is 1050. The van der Waals surface area contributed by atoms with Gasteiger partial charge in [0.15, 0.2) is 11.6 Å². The molecule has 0 unspecified atom stereocenters. The van der Waals surface area contributed by atoms with Gasteiger partial charge in [-0.15, -0.1) is 11.3 Å². The van der Waals surface area contributed by atoms with Crippen molar-refractivity contribution in [1.29, 1.82) is 0 Å². The molecule has 0 radical (unpaired) electrons. The number of hydrogen-bond donors (Lipinski definition) is 3. The second-order valence-electron chi connectivity index (χ2n) is 6.15. The number of thiophene rings is 1. The van der Waals surface area contributed by atoms with Gasteiger partial charge in [-0.05, 0) is 53.9 Å². The number of hydrogen-bond acceptors (Lipinski definition) is 4. The van der Waals surface area contributed by atoms with Crippen molar-refractivity contribution in [3.63, 3.8) is 0 Å². The highest BCUT2D eigenvalue weighted by molar-refractivity contribution is 7.12. The van der Waals surface area contributed by atoms with Crippen molar-refractivity contribution in [2.45, 2.75) is 0 Å². The predicted molar refractivity (Wildman–Crippen MR) is 110 cm³/mol. The van der Waals surface area contributed by atoms with Crippen molar-refractivity contribution in [1.82, 2.24) is 10.6 Å². The average Bonchev–Trinajstić information content (AvgIpc) is 3.28. The van der Waals surface area contributed by atoms with Crippen molar-refractivity contribution in [2.24, 2.45) is 0 Å². The summed E-state index contributed by atoms with van der Waals surface area (Å²) in [5, 5.41) is 9.74. The van der Waals surface area contributed by atoms with Gasteiger partial charge in [0.1, 0.15) is 0 Å². The molecule has 0 aliphatic rings. The summed E-state index contributed by atoms with van der Waals surface area (Å²) < 4.78 is 26.2. The molecule has 3 rings (SSSR count). The molecule has 0 spiro atoms. The van der Waals surface area contributed by atoms with Crippen LogP contribution in [0.5, 0.6) is 0 Å². The first-order valence-electron chi connectivity index (χ1n) is 8.90. The van der Waals surface area contributed by atoms with Gasteiger partial charge in [-0.3, -0.25) is 14.4 Å². The Morgan fingerprint density at radius 3 is 2.07 bits per heavy atom. The van der Waals surface area contributed by atoms with E-state index in [1.165, 1.54) is 41.7 Å². The van der Waals surface area contributed by atoms with Crippen molar-refractivity contribution < 1.29 is 23.2 Å². The summed E-state index contributed by atoms with van der Waals surface area (Å²) in [5.74, 6) is -3.28. The lowest BCUT2D eigenvalue weighted by Crippen LogP contribution is -2.34. The highest BCUT2D eigenvalue weighted by atomic mass is 32.1. The summed E-state index contributed by atoms with van der Waals surface area (Å²) in [6, 6.07) is 12.4. The third-order valence-corrected chi connectivity index (χ3v) is 4.90. The smallest absolute Gasteiger partial charge is 0.261 e. The zero-order valence-electron chi connectivity index (χ0n) is 15.6. The number of carbonyl (C=O) groups excluding carboxylic acids is 3. The molecule has 1 aromatic heterocycles. The van der Waals surface area contributed by atoms with Gasteiger partial charge in [0.05, 0.1) is 4.88 Å². The van der Waals surface area contributed by atoms with Gasteiger partial charge in [0.25, 0.3) is 17.7 Å². The summed E-state index contributed by atoms with van der Waals surface area (Å²) >= 11 is 1.33. The summed E-state index contributed by atoms with van der Waals surface area (Å²) in [6.45, 7) is 0.537. The maximum absolute atomic E-state index is 13.2. The van der Waals surface area contributed by atoms with Gasteiger partial charge in [-0.25, -0.2) is 8.78 Å². The topological polar surface area (TPSA) is 87.3 Å². The van der Waals surface area contributed by atoms with E-state index in [-0.39, 0.29) is 30.5 Å². The monoisotopic (exact) mass is 429 g/mol. The van der Waals surface area contributed by atoms with Crippen LogP contribution in [0.3, 0.4) is 0 Å². The number of amides is 3. The van der Waals surface area contributed by atoms with E-state index >= 15 is 0 Å². The number of rotatable bonds is 7. The molecule has 0 saturated carbocycles. The quantitative estimate of drug-likeness (QED) is 0.503. The Morgan fingerprint density at radius 2 is 1.43 bits per heavy atom. The second kappa shape index (κ2) is 9.75. The summed E-state index contributed by atoms with van der Waals surface area (Å²) in [7, 11) is 0. The number of anilines is 1. The fourth-order valence-electron chi connectivity index (χ4n) is 2.49. The molecule has 154 valence electrons. The minimum atomic E-state index is -1.11. The van der Waals surface area contributed by atoms with Gasteiger partial charge < -0.3 is 16.0 Å². The van der Waals surface area contributed by atoms with Gasteiger partial charge in [-0.1, -0.05) is 6.07 Å². The van der Waals surface area contributed by atoms with E-state index in [1.54, 1.807) is 17.5 Å². The van der Waals surface area contributed by atoms with Gasteiger partial charge in [-0.2, -0.15) is 0 Å². The average molecular weight is 429 g/mol. The van der Waals surface area contributed by atoms with Crippen LogP contribution in [0.25, 0.3) is 0 Å². The Balaban J connectivity index is 1.47. The van der Waals surface area contributed by atoms with Crippen LogP contribution >= 0.6 is 11.3 Å². The lowest BCUT2D eigenvalue weighted by molar-refractivity contribution is 0.0929. The van der Waals surface area contributed by atoms with Crippen LogP contribution in [-0.4, -0.2) is 30.8 Å². The van der Waals surface area contributed by atoms with E-state index in [1.807, 2.05) is 0 Å². The zero-order chi connectivity index (χ0) is 21.5. The molecule has 0 atom stereocenters. The molecule has 0 fully saturated rings. The molecule has 0 saturated heterocycles. The third kappa shape index (κ3) is 5.48. The minimum absolute atomic E-state index is 0.0275. The third-order valence-electron chi connectivity index (χ3n) is 4.03. The maximum atomic E-state index is 13.2. The van der Waals surface area contributed by atoms with Crippen LogP contribution in [0.1, 0.15) is 30.4 Å². The highest BCUT2D eigenvalue weighted by Gasteiger charge is 2.11. The lowest BCUT2D eigenvalue weighted by atomic mass is 10.1. The van der Waals surface area contributed by atoms with E-state index in [9.17, 15) is 23.2 Å². The highest BCUT2D eigenvalue weighted by Crippen LogP contribution is 2.14. The zero-order valence-corrected chi connectivity index (χ0v) is 16.4. The minimum Gasteiger partial charge on any atom is -0.350 e. The van der Waals surface area contributed by atoms with Crippen LogP contribution in [0.2, 0.25) is 0 Å². The number of benzene rings is 2. The molecule has 9 heteroatoms. The van der Waals surface area contributed by atoms with Gasteiger partial charge in [0.2, 0.25) is 0 Å². The van der Waals surface area contributed by atoms with Crippen molar-refractivity contribution >= 4 is 34.7 Å². The summed E-state index contributed by atoms with van der Waals surface area (Å²) in [6.07, 6.45) is 0. The Hall–Kier alpha value is -3.59. The lowest BCUT2D eigenvalue weighted by Gasteiger charge is -2.08. The standard InChI is InChI=1S/C21H17F2N3O3S/c22-16-8-5-14(12-17(16)23)20(28)26-15-6-3-13(4-7-15)19(27)24-9-10-25-21(29)18-2-1-11-30-18/h1-8,11-12H,9-10H2,(H,24,27)(H,25,29)(H,26,28). The predicted octanol–water partition coefficient (Wildman–Crippen LogP) is 3.44. The molecule has 3 aromatic rings. The Kier molecular flexibility index (Phi) is 6.87. The molecule has 0 aliphatic carbocycles. The van der Waals surface area contributed by atoms with Crippen molar-refractivity contribution in [3.05, 3.63) is 87.6 Å². The van der Waals surface area contributed by atoms with E-state index in [0.29, 0.717) is 16.1 Å². The van der Waals surface area contributed by atoms with E-state index < -0.39 is 17.5 Å². The molecular formula is C21H17F2N3O3S. The van der Waals surface area contributed by atoms with E-state index in [2.05, 4.69) is 16.0 Å². The Morgan fingerprint density at radius 1 is 0.767 bits per heavy atom. The van der Waals surface area contributed by atoms with Crippen LogP contribution in [0, 0.1) is 11.6 Å². The van der Waals surface area contributed by atoms with E-state index in [0.717, 1.165) is 12.1 Å². The second-order valence-corrected chi connectivity index (χ2v) is 7.10. The molecule has 0 bridgehead atoms. The molecule has 3 N–H and O–H groups in total. The molecular weight excluding hydrogens is 412 g/mol. The first kappa shape index (κ1) is 21.1. The van der Waals surface area contributed by atoms with Crippen molar-refractivity contribution in [3.8, 4) is 0 Å². The SMILES string of the molecule is O=C(NCCNC(=O)c1cccs1)c1ccc(NC(=O)c2ccc(F)c(F)c2)cc1. The molecule has 1 heterocycles. The van der Waals surface area contributed by atoms with E-state index in [4.69, 9.17) is 0 Å². The first-order chi connectivity index (χ1) is 14.4. The molecule has 6 nitrogen and oxygen atoms in total. The molecule has 0 aliphatic heterocycles. The number of halogens is 2.